The Morgan fingerprint density at radius 2 is 1.96 bits per heavy atom. The molecule has 1 aromatic carbocycles. The van der Waals surface area contributed by atoms with Crippen LogP contribution in [0.15, 0.2) is 18.2 Å². The van der Waals surface area contributed by atoms with Crippen molar-refractivity contribution in [3.8, 4) is 11.5 Å². The predicted octanol–water partition coefficient (Wildman–Crippen LogP) is 3.67. The Kier molecular flexibility index (Phi) is 6.67. The number of allylic oxidation sites excluding steroid dienone is 1. The number of esters is 1. The second-order valence-electron chi connectivity index (χ2n) is 6.24. The summed E-state index contributed by atoms with van der Waals surface area (Å²) in [7, 11) is 1.51. The minimum atomic E-state index is -0.542. The number of rotatable bonds is 1. The van der Waals surface area contributed by atoms with E-state index in [9.17, 15) is 15.0 Å². The SMILES string of the molecule is COc1cc(O)c2c(c1)C=CCCCC(O)CCCC(C)OC2=O. The first-order valence-corrected chi connectivity index (χ1v) is 8.48. The summed E-state index contributed by atoms with van der Waals surface area (Å²) in [5.74, 6) is -0.207. The summed E-state index contributed by atoms with van der Waals surface area (Å²) in [5.41, 5.74) is 0.734. The third kappa shape index (κ3) is 4.99. The van der Waals surface area contributed by atoms with Crippen molar-refractivity contribution in [2.24, 2.45) is 0 Å². The van der Waals surface area contributed by atoms with Gasteiger partial charge in [0, 0.05) is 6.07 Å². The van der Waals surface area contributed by atoms with E-state index in [0.29, 0.717) is 24.2 Å². The number of aromatic hydroxyl groups is 1. The van der Waals surface area contributed by atoms with Gasteiger partial charge in [-0.3, -0.25) is 0 Å². The van der Waals surface area contributed by atoms with Crippen LogP contribution >= 0.6 is 0 Å². The number of hydrogen-bond acceptors (Lipinski definition) is 5. The molecule has 2 atom stereocenters. The van der Waals surface area contributed by atoms with E-state index in [4.69, 9.17) is 9.47 Å². The summed E-state index contributed by atoms with van der Waals surface area (Å²) in [6, 6.07) is 3.12. The van der Waals surface area contributed by atoms with Crippen molar-refractivity contribution in [3.63, 3.8) is 0 Å². The number of ether oxygens (including phenoxy) is 2. The maximum Gasteiger partial charge on any atom is 0.342 e. The van der Waals surface area contributed by atoms with Crippen LogP contribution in [0.1, 0.15) is 61.4 Å². The zero-order valence-corrected chi connectivity index (χ0v) is 14.3. The lowest BCUT2D eigenvalue weighted by atomic mass is 10.0. The van der Waals surface area contributed by atoms with E-state index in [1.807, 2.05) is 13.0 Å². The maximum absolute atomic E-state index is 12.5. The lowest BCUT2D eigenvalue weighted by Crippen LogP contribution is -2.17. The standard InChI is InChI=1S/C19H26O5/c1-13-7-6-10-15(20)9-5-3-4-8-14-11-16(23-2)12-17(21)18(14)19(22)24-13/h4,8,11-13,15,20-21H,3,5-7,9-10H2,1-2H3. The fraction of sp³-hybridized carbons (Fsp3) is 0.526. The molecule has 2 unspecified atom stereocenters. The molecule has 0 aromatic heterocycles. The zero-order valence-electron chi connectivity index (χ0n) is 14.3. The van der Waals surface area contributed by atoms with Crippen molar-refractivity contribution < 1.29 is 24.5 Å². The van der Waals surface area contributed by atoms with Crippen LogP contribution in [-0.2, 0) is 4.74 Å². The Bertz CT molecular complexity index is 594. The highest BCUT2D eigenvalue weighted by Crippen LogP contribution is 2.30. The Balaban J connectivity index is 2.32. The molecule has 24 heavy (non-hydrogen) atoms. The monoisotopic (exact) mass is 334 g/mol. The number of aliphatic hydroxyl groups is 1. The Hall–Kier alpha value is -2.01. The summed E-state index contributed by atoms with van der Waals surface area (Å²) in [5, 5.41) is 20.2. The number of phenolic OH excluding ortho intramolecular Hbond substituents is 1. The summed E-state index contributed by atoms with van der Waals surface area (Å²) < 4.78 is 10.6. The molecular weight excluding hydrogens is 308 g/mol. The van der Waals surface area contributed by atoms with E-state index in [1.54, 1.807) is 12.1 Å². The lowest BCUT2D eigenvalue weighted by molar-refractivity contribution is 0.0307. The quantitative estimate of drug-likeness (QED) is 0.766. The molecule has 0 bridgehead atoms. The van der Waals surface area contributed by atoms with Crippen LogP contribution in [0.25, 0.3) is 6.08 Å². The zero-order chi connectivity index (χ0) is 17.5. The molecule has 0 spiro atoms. The molecule has 1 aliphatic rings. The second-order valence-corrected chi connectivity index (χ2v) is 6.24. The molecule has 2 rings (SSSR count). The molecule has 0 saturated heterocycles. The van der Waals surface area contributed by atoms with Gasteiger partial charge >= 0.3 is 5.97 Å². The smallest absolute Gasteiger partial charge is 0.342 e. The number of hydrogen-bond donors (Lipinski definition) is 2. The third-order valence-electron chi connectivity index (χ3n) is 4.22. The Labute approximate surface area is 142 Å². The van der Waals surface area contributed by atoms with Gasteiger partial charge in [0.05, 0.1) is 19.3 Å². The number of benzene rings is 1. The molecule has 5 nitrogen and oxygen atoms in total. The van der Waals surface area contributed by atoms with Gasteiger partial charge in [-0.1, -0.05) is 12.2 Å². The van der Waals surface area contributed by atoms with Gasteiger partial charge in [0.15, 0.2) is 0 Å². The third-order valence-corrected chi connectivity index (χ3v) is 4.22. The first-order valence-electron chi connectivity index (χ1n) is 8.48. The first kappa shape index (κ1) is 18.3. The highest BCUT2D eigenvalue weighted by Gasteiger charge is 2.21. The number of carbonyl (C=O) groups excluding carboxylic acids is 1. The average Bonchev–Trinajstić information content (AvgIpc) is 2.53. The topological polar surface area (TPSA) is 76.0 Å². The number of fused-ring (bicyclic) bond motifs is 1. The molecule has 1 heterocycles. The molecule has 0 saturated carbocycles. The summed E-state index contributed by atoms with van der Waals surface area (Å²) >= 11 is 0. The number of phenols is 1. The number of carbonyl (C=O) groups is 1. The number of aliphatic hydroxyl groups excluding tert-OH is 1. The van der Waals surface area contributed by atoms with Crippen molar-refractivity contribution in [1.82, 2.24) is 0 Å². The predicted molar refractivity (Wildman–Crippen MR) is 92.3 cm³/mol. The highest BCUT2D eigenvalue weighted by molar-refractivity contribution is 5.97. The minimum absolute atomic E-state index is 0.145. The van der Waals surface area contributed by atoms with E-state index in [2.05, 4.69) is 0 Å². The molecule has 0 radical (unpaired) electrons. The molecule has 1 aromatic rings. The fourth-order valence-corrected chi connectivity index (χ4v) is 2.86. The summed E-state index contributed by atoms with van der Waals surface area (Å²) in [6.07, 6.45) is 7.78. The average molecular weight is 334 g/mol. The van der Waals surface area contributed by atoms with Gasteiger partial charge < -0.3 is 19.7 Å². The van der Waals surface area contributed by atoms with Crippen molar-refractivity contribution in [2.75, 3.05) is 7.11 Å². The molecule has 1 aliphatic heterocycles. The van der Waals surface area contributed by atoms with E-state index < -0.39 is 5.97 Å². The molecular formula is C19H26O5. The van der Waals surface area contributed by atoms with E-state index in [1.165, 1.54) is 13.2 Å². The van der Waals surface area contributed by atoms with Gasteiger partial charge in [-0.2, -0.15) is 0 Å². The number of cyclic esters (lactones) is 1. The van der Waals surface area contributed by atoms with Gasteiger partial charge in [0.25, 0.3) is 0 Å². The van der Waals surface area contributed by atoms with Crippen molar-refractivity contribution in [2.45, 2.75) is 57.7 Å². The van der Waals surface area contributed by atoms with Crippen LogP contribution in [0, 0.1) is 0 Å². The van der Waals surface area contributed by atoms with Crippen LogP contribution in [0.3, 0.4) is 0 Å². The van der Waals surface area contributed by atoms with Crippen LogP contribution in [0.2, 0.25) is 0 Å². The van der Waals surface area contributed by atoms with Gasteiger partial charge in [-0.25, -0.2) is 4.79 Å². The van der Waals surface area contributed by atoms with Gasteiger partial charge in [0.2, 0.25) is 0 Å². The minimum Gasteiger partial charge on any atom is -0.507 e. The second kappa shape index (κ2) is 8.73. The van der Waals surface area contributed by atoms with Crippen LogP contribution < -0.4 is 4.74 Å². The molecule has 132 valence electrons. The molecule has 0 fully saturated rings. The Morgan fingerprint density at radius 3 is 2.71 bits per heavy atom. The van der Waals surface area contributed by atoms with E-state index in [-0.39, 0.29) is 23.5 Å². The molecule has 0 aliphatic carbocycles. The highest BCUT2D eigenvalue weighted by atomic mass is 16.5. The van der Waals surface area contributed by atoms with Crippen LogP contribution in [0.5, 0.6) is 11.5 Å². The van der Waals surface area contributed by atoms with Crippen molar-refractivity contribution >= 4 is 12.0 Å². The van der Waals surface area contributed by atoms with E-state index in [0.717, 1.165) is 25.7 Å². The number of methoxy groups -OCH3 is 1. The van der Waals surface area contributed by atoms with Crippen LogP contribution in [-0.4, -0.2) is 35.5 Å². The largest absolute Gasteiger partial charge is 0.507 e. The van der Waals surface area contributed by atoms with Crippen molar-refractivity contribution in [1.29, 1.82) is 0 Å². The normalized spacial score (nSPS) is 23.0. The summed E-state index contributed by atoms with van der Waals surface area (Å²) in [6.45, 7) is 1.83. The fourth-order valence-electron chi connectivity index (χ4n) is 2.86. The van der Waals surface area contributed by atoms with E-state index >= 15 is 0 Å². The summed E-state index contributed by atoms with van der Waals surface area (Å²) in [4.78, 5) is 12.5. The van der Waals surface area contributed by atoms with Gasteiger partial charge in [-0.05, 0) is 57.1 Å². The lowest BCUT2D eigenvalue weighted by Gasteiger charge is -2.17. The molecule has 0 amide bonds. The van der Waals surface area contributed by atoms with Crippen molar-refractivity contribution in [3.05, 3.63) is 29.3 Å². The molecule has 5 heteroatoms. The van der Waals surface area contributed by atoms with Gasteiger partial charge in [0.1, 0.15) is 17.1 Å². The van der Waals surface area contributed by atoms with Gasteiger partial charge in [-0.15, -0.1) is 0 Å². The maximum atomic E-state index is 12.5. The van der Waals surface area contributed by atoms with Crippen LogP contribution in [0.4, 0.5) is 0 Å². The Morgan fingerprint density at radius 1 is 1.21 bits per heavy atom. The first-order chi connectivity index (χ1) is 11.5. The molecule has 2 N–H and O–H groups in total.